The molecule has 0 aliphatic carbocycles. The third-order valence-electron chi connectivity index (χ3n) is 2.65. The summed E-state index contributed by atoms with van der Waals surface area (Å²) in [6.07, 6.45) is 6.14. The molecule has 1 aliphatic heterocycles. The maximum atomic E-state index is 11.6. The third kappa shape index (κ3) is 3.31. The van der Waals surface area contributed by atoms with E-state index in [1.807, 2.05) is 12.1 Å². The van der Waals surface area contributed by atoms with E-state index in [2.05, 4.69) is 10.3 Å². The molecule has 2 heterocycles. The normalized spacial score (nSPS) is 19.6. The van der Waals surface area contributed by atoms with Crippen molar-refractivity contribution in [1.29, 1.82) is 0 Å². The fourth-order valence-electron chi connectivity index (χ4n) is 1.79. The van der Waals surface area contributed by atoms with Crippen molar-refractivity contribution in [3.8, 4) is 0 Å². The van der Waals surface area contributed by atoms with Crippen molar-refractivity contribution in [2.75, 3.05) is 6.61 Å². The fourth-order valence-corrected chi connectivity index (χ4v) is 1.79. The number of ether oxygens (including phenoxy) is 1. The molecule has 1 aliphatic rings. The molecule has 1 aromatic rings. The van der Waals surface area contributed by atoms with Crippen LogP contribution in [0.25, 0.3) is 0 Å². The highest BCUT2D eigenvalue weighted by atomic mass is 16.5. The van der Waals surface area contributed by atoms with Crippen molar-refractivity contribution in [3.63, 3.8) is 0 Å². The van der Waals surface area contributed by atoms with Crippen LogP contribution in [0, 0.1) is 0 Å². The van der Waals surface area contributed by atoms with E-state index in [0.717, 1.165) is 25.0 Å². The van der Waals surface area contributed by atoms with Crippen molar-refractivity contribution in [3.05, 3.63) is 30.1 Å². The number of pyridine rings is 1. The van der Waals surface area contributed by atoms with Crippen LogP contribution >= 0.6 is 0 Å². The third-order valence-corrected chi connectivity index (χ3v) is 2.65. The first-order chi connectivity index (χ1) is 7.84. The van der Waals surface area contributed by atoms with Crippen LogP contribution in [-0.4, -0.2) is 23.6 Å². The first kappa shape index (κ1) is 11.1. The van der Waals surface area contributed by atoms with E-state index in [4.69, 9.17) is 4.74 Å². The van der Waals surface area contributed by atoms with E-state index in [1.165, 1.54) is 0 Å². The van der Waals surface area contributed by atoms with Gasteiger partial charge in [-0.2, -0.15) is 0 Å². The molecule has 86 valence electrons. The van der Waals surface area contributed by atoms with Gasteiger partial charge in [0.05, 0.1) is 12.5 Å². The maximum Gasteiger partial charge on any atom is 0.222 e. The Bertz CT molecular complexity index is 334. The van der Waals surface area contributed by atoms with Crippen molar-refractivity contribution in [2.45, 2.75) is 31.9 Å². The monoisotopic (exact) mass is 220 g/mol. The van der Waals surface area contributed by atoms with E-state index in [9.17, 15) is 4.79 Å². The summed E-state index contributed by atoms with van der Waals surface area (Å²) in [5.74, 6) is 0.0516. The highest BCUT2D eigenvalue weighted by molar-refractivity contribution is 5.76. The molecule has 1 unspecified atom stereocenters. The van der Waals surface area contributed by atoms with Gasteiger partial charge in [0, 0.05) is 25.5 Å². The van der Waals surface area contributed by atoms with Crippen molar-refractivity contribution in [2.24, 2.45) is 0 Å². The van der Waals surface area contributed by atoms with Crippen molar-refractivity contribution < 1.29 is 9.53 Å². The van der Waals surface area contributed by atoms with Gasteiger partial charge in [0.1, 0.15) is 0 Å². The highest BCUT2D eigenvalue weighted by Gasteiger charge is 2.18. The Morgan fingerprint density at radius 1 is 1.62 bits per heavy atom. The zero-order chi connectivity index (χ0) is 11.2. The number of rotatable bonds is 4. The molecule has 1 amide bonds. The Morgan fingerprint density at radius 2 is 2.56 bits per heavy atom. The number of carbonyl (C=O) groups excluding carboxylic acids is 1. The summed E-state index contributed by atoms with van der Waals surface area (Å²) >= 11 is 0. The fraction of sp³-hybridized carbons (Fsp3) is 0.500. The molecule has 16 heavy (non-hydrogen) atoms. The molecule has 4 nitrogen and oxygen atoms in total. The zero-order valence-corrected chi connectivity index (χ0v) is 9.19. The standard InChI is InChI=1S/C12H16N2O2/c15-12(7-11-4-2-6-16-11)14-9-10-3-1-5-13-8-10/h1,3,5,8,11H,2,4,6-7,9H2,(H,14,15). The summed E-state index contributed by atoms with van der Waals surface area (Å²) in [6, 6.07) is 3.81. The van der Waals surface area contributed by atoms with Gasteiger partial charge in [0.15, 0.2) is 0 Å². The van der Waals surface area contributed by atoms with Gasteiger partial charge in [-0.3, -0.25) is 9.78 Å². The van der Waals surface area contributed by atoms with Crippen LogP contribution in [0.1, 0.15) is 24.8 Å². The topological polar surface area (TPSA) is 51.2 Å². The molecule has 0 spiro atoms. The van der Waals surface area contributed by atoms with Gasteiger partial charge in [-0.15, -0.1) is 0 Å². The number of hydrogen-bond donors (Lipinski definition) is 1. The van der Waals surface area contributed by atoms with E-state index in [0.29, 0.717) is 13.0 Å². The summed E-state index contributed by atoms with van der Waals surface area (Å²) in [5, 5.41) is 2.87. The number of amides is 1. The summed E-state index contributed by atoms with van der Waals surface area (Å²) < 4.78 is 5.40. The van der Waals surface area contributed by atoms with Crippen LogP contribution in [0.3, 0.4) is 0 Å². The van der Waals surface area contributed by atoms with E-state index in [-0.39, 0.29) is 12.0 Å². The SMILES string of the molecule is O=C(CC1CCCO1)NCc1cccnc1. The van der Waals surface area contributed by atoms with E-state index >= 15 is 0 Å². The van der Waals surface area contributed by atoms with Gasteiger partial charge in [-0.05, 0) is 24.5 Å². The molecule has 2 rings (SSSR count). The minimum absolute atomic E-state index is 0.0516. The van der Waals surface area contributed by atoms with Crippen LogP contribution in [-0.2, 0) is 16.1 Å². The lowest BCUT2D eigenvalue weighted by molar-refractivity contribution is -0.123. The highest BCUT2D eigenvalue weighted by Crippen LogP contribution is 2.14. The predicted octanol–water partition coefficient (Wildman–Crippen LogP) is 1.27. The number of aromatic nitrogens is 1. The minimum atomic E-state index is 0.0516. The Balaban J connectivity index is 1.71. The van der Waals surface area contributed by atoms with Crippen LogP contribution in [0.5, 0.6) is 0 Å². The quantitative estimate of drug-likeness (QED) is 0.831. The Labute approximate surface area is 95.0 Å². The predicted molar refractivity (Wildman–Crippen MR) is 59.7 cm³/mol. The van der Waals surface area contributed by atoms with Crippen LogP contribution < -0.4 is 5.32 Å². The molecule has 0 radical (unpaired) electrons. The number of nitrogens with zero attached hydrogens (tertiary/aromatic N) is 1. The largest absolute Gasteiger partial charge is 0.378 e. The van der Waals surface area contributed by atoms with E-state index < -0.39 is 0 Å². The summed E-state index contributed by atoms with van der Waals surface area (Å²) in [4.78, 5) is 15.6. The Morgan fingerprint density at radius 3 is 3.25 bits per heavy atom. The number of hydrogen-bond acceptors (Lipinski definition) is 3. The van der Waals surface area contributed by atoms with Gasteiger partial charge in [0.2, 0.25) is 5.91 Å². The number of nitrogens with one attached hydrogen (secondary N) is 1. The Kier molecular flexibility index (Phi) is 3.88. The number of carbonyl (C=O) groups is 1. The van der Waals surface area contributed by atoms with E-state index in [1.54, 1.807) is 12.4 Å². The first-order valence-electron chi connectivity index (χ1n) is 5.62. The van der Waals surface area contributed by atoms with Gasteiger partial charge < -0.3 is 10.1 Å². The molecule has 1 aromatic heterocycles. The Hall–Kier alpha value is -1.42. The molecule has 1 saturated heterocycles. The van der Waals surface area contributed by atoms with Gasteiger partial charge in [0.25, 0.3) is 0 Å². The van der Waals surface area contributed by atoms with Crippen LogP contribution in [0.2, 0.25) is 0 Å². The summed E-state index contributed by atoms with van der Waals surface area (Å²) in [5.41, 5.74) is 1.02. The lowest BCUT2D eigenvalue weighted by Crippen LogP contribution is -2.26. The van der Waals surface area contributed by atoms with Crippen LogP contribution in [0.4, 0.5) is 0 Å². The molecular weight excluding hydrogens is 204 g/mol. The molecule has 0 aromatic carbocycles. The van der Waals surface area contributed by atoms with Gasteiger partial charge >= 0.3 is 0 Å². The molecular formula is C12H16N2O2. The molecule has 1 N–H and O–H groups in total. The maximum absolute atomic E-state index is 11.6. The lowest BCUT2D eigenvalue weighted by Gasteiger charge is -2.09. The second kappa shape index (κ2) is 5.61. The molecule has 0 bridgehead atoms. The lowest BCUT2D eigenvalue weighted by atomic mass is 10.2. The van der Waals surface area contributed by atoms with Crippen molar-refractivity contribution >= 4 is 5.91 Å². The first-order valence-corrected chi connectivity index (χ1v) is 5.62. The molecule has 1 fully saturated rings. The van der Waals surface area contributed by atoms with Gasteiger partial charge in [-0.1, -0.05) is 6.07 Å². The van der Waals surface area contributed by atoms with Gasteiger partial charge in [-0.25, -0.2) is 0 Å². The second-order valence-electron chi connectivity index (χ2n) is 3.98. The van der Waals surface area contributed by atoms with Crippen molar-refractivity contribution in [1.82, 2.24) is 10.3 Å². The summed E-state index contributed by atoms with van der Waals surface area (Å²) in [7, 11) is 0. The summed E-state index contributed by atoms with van der Waals surface area (Å²) in [6.45, 7) is 1.33. The van der Waals surface area contributed by atoms with Crippen LogP contribution in [0.15, 0.2) is 24.5 Å². The molecule has 4 heteroatoms. The zero-order valence-electron chi connectivity index (χ0n) is 9.19. The minimum Gasteiger partial charge on any atom is -0.378 e. The second-order valence-corrected chi connectivity index (χ2v) is 3.98. The average molecular weight is 220 g/mol. The molecule has 0 saturated carbocycles. The smallest absolute Gasteiger partial charge is 0.222 e. The molecule has 1 atom stereocenters. The average Bonchev–Trinajstić information content (AvgIpc) is 2.81.